The van der Waals surface area contributed by atoms with Gasteiger partial charge in [0.15, 0.2) is 0 Å². The van der Waals surface area contributed by atoms with Crippen molar-refractivity contribution < 1.29 is 16.5 Å². The van der Waals surface area contributed by atoms with Crippen molar-refractivity contribution >= 4 is 44.4 Å². The van der Waals surface area contributed by atoms with Crippen LogP contribution in [0.15, 0.2) is 24.3 Å². The van der Waals surface area contributed by atoms with Crippen LogP contribution in [0.1, 0.15) is 126 Å². The van der Waals surface area contributed by atoms with Crippen molar-refractivity contribution in [2.45, 2.75) is 107 Å². The molecule has 2 aliphatic rings. The molecule has 0 radical (unpaired) electrons. The number of hydrogen-bond acceptors (Lipinski definition) is 2. The van der Waals surface area contributed by atoms with Crippen LogP contribution in [0.4, 0.5) is 0 Å². The standard InChI is InChI=1S/C36H46N4.Ni/c1-9-21-22(10-2)30-18-32-25(13-5)26(14-6)34(39-32)20-36-28(16-8)27(15-7)35(40-36)19-33-24(12-4)23(11-3)31(38-33)17-29(21)37-30;/h17-20,37,40H,9-16H2,1-8H3;/q;+2. The van der Waals surface area contributed by atoms with Gasteiger partial charge in [-0.15, -0.1) is 0 Å². The maximum absolute atomic E-state index is 5.29. The minimum atomic E-state index is 0. The maximum atomic E-state index is 5.29. The van der Waals surface area contributed by atoms with E-state index < -0.39 is 0 Å². The summed E-state index contributed by atoms with van der Waals surface area (Å²) in [6, 6.07) is 9.24. The number of hydrogen-bond donors (Lipinski definition) is 2. The number of nitrogens with one attached hydrogen (secondary N) is 2. The number of rotatable bonds is 8. The monoisotopic (exact) mass is 592 g/mol. The minimum Gasteiger partial charge on any atom is -0.355 e. The number of aromatic amines is 2. The van der Waals surface area contributed by atoms with Crippen molar-refractivity contribution in [3.8, 4) is 0 Å². The van der Waals surface area contributed by atoms with E-state index in [0.29, 0.717) is 0 Å². The fourth-order valence-electron chi connectivity index (χ4n) is 7.10. The summed E-state index contributed by atoms with van der Waals surface area (Å²) in [6.07, 6.45) is 7.84. The molecule has 0 atom stereocenters. The largest absolute Gasteiger partial charge is 2.00 e. The van der Waals surface area contributed by atoms with E-state index >= 15 is 0 Å². The molecule has 0 amide bonds. The summed E-state index contributed by atoms with van der Waals surface area (Å²) in [6.45, 7) is 18.1. The first kappa shape index (κ1) is 31.0. The summed E-state index contributed by atoms with van der Waals surface area (Å²) in [7, 11) is 0. The summed E-state index contributed by atoms with van der Waals surface area (Å²) < 4.78 is 0. The van der Waals surface area contributed by atoms with E-state index in [1.807, 2.05) is 0 Å². The smallest absolute Gasteiger partial charge is 0.355 e. The molecule has 41 heavy (non-hydrogen) atoms. The van der Waals surface area contributed by atoms with Gasteiger partial charge in [-0.3, -0.25) is 0 Å². The van der Waals surface area contributed by atoms with Crippen LogP contribution >= 0.6 is 0 Å². The molecule has 0 spiro atoms. The van der Waals surface area contributed by atoms with Crippen LogP contribution < -0.4 is 0 Å². The number of allylic oxidation sites excluding steroid dienone is 4. The summed E-state index contributed by atoms with van der Waals surface area (Å²) in [5.41, 5.74) is 20.2. The van der Waals surface area contributed by atoms with E-state index in [1.165, 1.54) is 66.6 Å². The molecule has 5 heterocycles. The van der Waals surface area contributed by atoms with Crippen molar-refractivity contribution in [2.24, 2.45) is 0 Å². The Morgan fingerprint density at radius 1 is 0.390 bits per heavy atom. The van der Waals surface area contributed by atoms with Gasteiger partial charge in [0.25, 0.3) is 0 Å². The minimum absolute atomic E-state index is 0. The van der Waals surface area contributed by atoms with E-state index in [4.69, 9.17) is 9.97 Å². The van der Waals surface area contributed by atoms with Crippen LogP contribution in [-0.4, -0.2) is 19.9 Å². The van der Waals surface area contributed by atoms with Gasteiger partial charge in [0.2, 0.25) is 0 Å². The molecule has 5 rings (SSSR count). The number of aryl methyl sites for hydroxylation is 4. The number of nitrogens with zero attached hydrogens (tertiary/aromatic N) is 2. The van der Waals surface area contributed by atoms with E-state index in [9.17, 15) is 0 Å². The average Bonchev–Trinajstić information content (AvgIpc) is 3.67. The number of H-pyrrole nitrogens is 2. The molecule has 0 unspecified atom stereocenters. The van der Waals surface area contributed by atoms with E-state index in [1.54, 1.807) is 0 Å². The topological polar surface area (TPSA) is 57.4 Å². The second kappa shape index (κ2) is 12.9. The van der Waals surface area contributed by atoms with Crippen LogP contribution in [0.2, 0.25) is 0 Å². The zero-order valence-corrected chi connectivity index (χ0v) is 27.2. The molecule has 5 heteroatoms. The fraction of sp³-hybridized carbons (Fsp3) is 0.444. The summed E-state index contributed by atoms with van der Waals surface area (Å²) in [4.78, 5) is 18.2. The van der Waals surface area contributed by atoms with E-state index in [0.717, 1.165) is 74.1 Å². The van der Waals surface area contributed by atoms with Gasteiger partial charge in [0, 0.05) is 22.1 Å². The first-order valence-electron chi connectivity index (χ1n) is 15.7. The number of fused-ring (bicyclic) bond motifs is 8. The van der Waals surface area contributed by atoms with Gasteiger partial charge in [-0.2, -0.15) is 0 Å². The third-order valence-corrected chi connectivity index (χ3v) is 8.97. The van der Waals surface area contributed by atoms with Gasteiger partial charge in [0.1, 0.15) is 0 Å². The van der Waals surface area contributed by atoms with Crippen LogP contribution in [-0.2, 0) is 42.2 Å². The Balaban J connectivity index is 0.00000387. The van der Waals surface area contributed by atoms with Crippen LogP contribution in [0.5, 0.6) is 0 Å². The molecule has 0 aliphatic carbocycles. The summed E-state index contributed by atoms with van der Waals surface area (Å²) in [5, 5.41) is 0. The Labute approximate surface area is 256 Å². The normalized spacial score (nSPS) is 13.3. The Morgan fingerprint density at radius 2 is 0.610 bits per heavy atom. The maximum Gasteiger partial charge on any atom is 2.00 e. The van der Waals surface area contributed by atoms with Crippen LogP contribution in [0, 0.1) is 0 Å². The molecule has 0 aromatic carbocycles. The molecule has 0 saturated heterocycles. The van der Waals surface area contributed by atoms with Crippen molar-refractivity contribution in [1.29, 1.82) is 0 Å². The Hall–Kier alpha value is -2.91. The number of aromatic nitrogens is 4. The SMILES string of the molecule is CCC1=C(CC)c2cc3[nH]c(cc4nc(cc5[nH]c(cc1n2)c(CC)c5CC)C(CC)=C4CC)c(CC)c3CC.[Ni+2]. The molecule has 3 aromatic rings. The predicted octanol–water partition coefficient (Wildman–Crippen LogP) is 10.0. The van der Waals surface area contributed by atoms with Crippen LogP contribution in [0.25, 0.3) is 44.4 Å². The predicted molar refractivity (Wildman–Crippen MR) is 173 cm³/mol. The molecule has 4 nitrogen and oxygen atoms in total. The summed E-state index contributed by atoms with van der Waals surface area (Å²) in [5.74, 6) is 0. The molecule has 8 bridgehead atoms. The first-order valence-corrected chi connectivity index (χ1v) is 15.7. The van der Waals surface area contributed by atoms with Gasteiger partial charge in [-0.1, -0.05) is 55.4 Å². The molecule has 2 aliphatic heterocycles. The third-order valence-electron chi connectivity index (χ3n) is 8.97. The van der Waals surface area contributed by atoms with Gasteiger partial charge in [-0.25, -0.2) is 9.97 Å². The molecule has 0 saturated carbocycles. The van der Waals surface area contributed by atoms with Crippen molar-refractivity contribution in [2.75, 3.05) is 0 Å². The van der Waals surface area contributed by atoms with Gasteiger partial charge in [0.05, 0.1) is 22.8 Å². The molecular weight excluding hydrogens is 547 g/mol. The molecular formula is C36H46N4Ni+2. The van der Waals surface area contributed by atoms with E-state index in [-0.39, 0.29) is 16.5 Å². The third kappa shape index (κ3) is 5.27. The second-order valence-electron chi connectivity index (χ2n) is 10.9. The molecule has 2 N–H and O–H groups in total. The second-order valence-corrected chi connectivity index (χ2v) is 10.9. The van der Waals surface area contributed by atoms with Gasteiger partial charge >= 0.3 is 16.5 Å². The Morgan fingerprint density at radius 3 is 0.780 bits per heavy atom. The van der Waals surface area contributed by atoms with Crippen molar-refractivity contribution in [1.82, 2.24) is 19.9 Å². The molecule has 0 fully saturated rings. The van der Waals surface area contributed by atoms with E-state index in [2.05, 4.69) is 89.6 Å². The van der Waals surface area contributed by atoms with Crippen LogP contribution in [0.3, 0.4) is 0 Å². The van der Waals surface area contributed by atoms with Gasteiger partial charge in [-0.05, 0) is 120 Å². The van der Waals surface area contributed by atoms with Crippen molar-refractivity contribution in [3.63, 3.8) is 0 Å². The van der Waals surface area contributed by atoms with Crippen molar-refractivity contribution in [3.05, 3.63) is 69.3 Å². The first-order chi connectivity index (χ1) is 19.5. The zero-order valence-electron chi connectivity index (χ0n) is 26.2. The molecule has 218 valence electrons. The average molecular weight is 593 g/mol. The van der Waals surface area contributed by atoms with Gasteiger partial charge < -0.3 is 9.97 Å². The Kier molecular flexibility index (Phi) is 9.80. The summed E-state index contributed by atoms with van der Waals surface area (Å²) >= 11 is 0. The Bertz CT molecular complexity index is 1440. The molecule has 3 aromatic heterocycles. The zero-order chi connectivity index (χ0) is 28.6. The fourth-order valence-corrected chi connectivity index (χ4v) is 7.10. The quantitative estimate of drug-likeness (QED) is 0.256.